The molecule has 0 saturated carbocycles. The van der Waals surface area contributed by atoms with E-state index in [1.54, 1.807) is 24.3 Å². The maximum atomic E-state index is 12.4. The lowest BCUT2D eigenvalue weighted by molar-refractivity contribution is -0.137. The zero-order valence-corrected chi connectivity index (χ0v) is 16.5. The van der Waals surface area contributed by atoms with Gasteiger partial charge in [0, 0.05) is 23.8 Å². The number of carbonyl (C=O) groups is 2. The average Bonchev–Trinajstić information content (AvgIpc) is 2.77. The highest BCUT2D eigenvalue weighted by molar-refractivity contribution is 6.09. The molecule has 6 heteroatoms. The SMILES string of the molecule is C=CC(=O)OCCCCOCC(O)COc1ccc(C(=O)C2=CC=CCC2)cc1. The minimum absolute atomic E-state index is 0.0357. The highest BCUT2D eigenvalue weighted by Crippen LogP contribution is 2.20. The molecule has 2 rings (SSSR count). The second kappa shape index (κ2) is 12.7. The molecule has 1 aromatic rings. The van der Waals surface area contributed by atoms with Crippen LogP contribution in [-0.4, -0.2) is 49.4 Å². The number of hydrogen-bond acceptors (Lipinski definition) is 6. The number of benzene rings is 1. The molecular formula is C23H28O6. The van der Waals surface area contributed by atoms with E-state index in [2.05, 4.69) is 6.58 Å². The largest absolute Gasteiger partial charge is 0.491 e. The Morgan fingerprint density at radius 2 is 1.90 bits per heavy atom. The smallest absolute Gasteiger partial charge is 0.330 e. The Hall–Kier alpha value is -2.70. The number of carbonyl (C=O) groups excluding carboxylic acids is 2. The fraction of sp³-hybridized carbons (Fsp3) is 0.391. The van der Waals surface area contributed by atoms with Crippen molar-refractivity contribution in [2.45, 2.75) is 31.8 Å². The van der Waals surface area contributed by atoms with E-state index in [0.717, 1.165) is 30.9 Å². The molecule has 1 N–H and O–H groups in total. The van der Waals surface area contributed by atoms with Gasteiger partial charge < -0.3 is 19.3 Å². The van der Waals surface area contributed by atoms with Crippen LogP contribution in [0.3, 0.4) is 0 Å². The lowest BCUT2D eigenvalue weighted by Crippen LogP contribution is -2.23. The normalized spacial score (nSPS) is 14.0. The van der Waals surface area contributed by atoms with E-state index in [1.165, 1.54) is 0 Å². The number of allylic oxidation sites excluding steroid dienone is 4. The first-order valence-electron chi connectivity index (χ1n) is 9.78. The molecule has 29 heavy (non-hydrogen) atoms. The number of aliphatic hydroxyl groups excluding tert-OH is 1. The minimum atomic E-state index is -0.755. The average molecular weight is 400 g/mol. The molecule has 0 radical (unpaired) electrons. The molecule has 0 fully saturated rings. The summed E-state index contributed by atoms with van der Waals surface area (Å²) in [6, 6.07) is 6.92. The van der Waals surface area contributed by atoms with Gasteiger partial charge in [-0.3, -0.25) is 4.79 Å². The number of unbranched alkanes of at least 4 members (excludes halogenated alkanes) is 1. The Morgan fingerprint density at radius 3 is 2.59 bits per heavy atom. The first-order chi connectivity index (χ1) is 14.1. The minimum Gasteiger partial charge on any atom is -0.491 e. The molecule has 0 amide bonds. The fourth-order valence-corrected chi connectivity index (χ4v) is 2.68. The third-order valence-corrected chi connectivity index (χ3v) is 4.27. The van der Waals surface area contributed by atoms with Gasteiger partial charge in [0.05, 0.1) is 13.2 Å². The molecule has 1 aliphatic rings. The summed E-state index contributed by atoms with van der Waals surface area (Å²) in [4.78, 5) is 23.3. The first-order valence-corrected chi connectivity index (χ1v) is 9.78. The van der Waals surface area contributed by atoms with Crippen LogP contribution >= 0.6 is 0 Å². The monoisotopic (exact) mass is 400 g/mol. The van der Waals surface area contributed by atoms with Crippen molar-refractivity contribution in [3.05, 3.63) is 66.3 Å². The number of ether oxygens (including phenoxy) is 3. The van der Waals surface area contributed by atoms with Crippen LogP contribution in [0.15, 0.2) is 60.7 Å². The molecule has 0 aliphatic heterocycles. The summed E-state index contributed by atoms with van der Waals surface area (Å²) in [6.45, 7) is 4.36. The van der Waals surface area contributed by atoms with Crippen molar-refractivity contribution in [3.63, 3.8) is 0 Å². The molecule has 0 aromatic heterocycles. The van der Waals surface area contributed by atoms with Crippen molar-refractivity contribution in [3.8, 4) is 5.75 Å². The summed E-state index contributed by atoms with van der Waals surface area (Å²) < 4.78 is 15.8. The molecule has 0 spiro atoms. The van der Waals surface area contributed by atoms with Crippen molar-refractivity contribution in [1.82, 2.24) is 0 Å². The molecule has 0 heterocycles. The molecular weight excluding hydrogens is 372 g/mol. The number of Topliss-reactive ketones (excluding diaryl/α,β-unsaturated/α-hetero) is 1. The van der Waals surface area contributed by atoms with Gasteiger partial charge in [-0.05, 0) is 49.9 Å². The number of ketones is 1. The van der Waals surface area contributed by atoms with Gasteiger partial charge in [-0.25, -0.2) is 4.79 Å². The van der Waals surface area contributed by atoms with Gasteiger partial charge in [0.15, 0.2) is 5.78 Å². The van der Waals surface area contributed by atoms with Gasteiger partial charge in [0.1, 0.15) is 18.5 Å². The Morgan fingerprint density at radius 1 is 1.14 bits per heavy atom. The van der Waals surface area contributed by atoms with Crippen LogP contribution in [0, 0.1) is 0 Å². The molecule has 1 atom stereocenters. The van der Waals surface area contributed by atoms with Gasteiger partial charge in [-0.2, -0.15) is 0 Å². The summed E-state index contributed by atoms with van der Waals surface area (Å²) in [6.07, 6.45) is 9.25. The Labute approximate surface area is 171 Å². The number of aliphatic hydroxyl groups is 1. The first kappa shape index (κ1) is 22.6. The van der Waals surface area contributed by atoms with Crippen LogP contribution in [0.2, 0.25) is 0 Å². The predicted molar refractivity (Wildman–Crippen MR) is 110 cm³/mol. The van der Waals surface area contributed by atoms with Gasteiger partial charge in [0.25, 0.3) is 0 Å². The third kappa shape index (κ3) is 8.46. The summed E-state index contributed by atoms with van der Waals surface area (Å²) >= 11 is 0. The molecule has 6 nitrogen and oxygen atoms in total. The highest BCUT2D eigenvalue weighted by atomic mass is 16.5. The van der Waals surface area contributed by atoms with Crippen molar-refractivity contribution in [2.24, 2.45) is 0 Å². The molecule has 0 bridgehead atoms. The van der Waals surface area contributed by atoms with Crippen LogP contribution < -0.4 is 4.74 Å². The van der Waals surface area contributed by atoms with Crippen molar-refractivity contribution in [1.29, 1.82) is 0 Å². The summed E-state index contributed by atoms with van der Waals surface area (Å²) in [5.41, 5.74) is 1.44. The summed E-state index contributed by atoms with van der Waals surface area (Å²) in [5, 5.41) is 9.93. The van der Waals surface area contributed by atoms with Crippen molar-refractivity contribution in [2.75, 3.05) is 26.4 Å². The van der Waals surface area contributed by atoms with Gasteiger partial charge in [-0.1, -0.05) is 24.8 Å². The zero-order chi connectivity index (χ0) is 20.9. The van der Waals surface area contributed by atoms with E-state index in [1.807, 2.05) is 18.2 Å². The van der Waals surface area contributed by atoms with Gasteiger partial charge in [0.2, 0.25) is 0 Å². The van der Waals surface area contributed by atoms with Gasteiger partial charge in [-0.15, -0.1) is 0 Å². The number of rotatable bonds is 13. The molecule has 0 saturated heterocycles. The standard InChI is InChI=1S/C23H28O6/c1-2-22(25)28-15-7-6-14-27-16-20(24)17-29-21-12-10-19(11-13-21)23(26)18-8-4-3-5-9-18/h2-4,8,10-13,20,24H,1,5-7,9,14-17H2. The lowest BCUT2D eigenvalue weighted by Gasteiger charge is -2.13. The predicted octanol–water partition coefficient (Wildman–Crippen LogP) is 3.41. The maximum Gasteiger partial charge on any atom is 0.330 e. The Kier molecular flexibility index (Phi) is 9.89. The molecule has 1 aromatic carbocycles. The fourth-order valence-electron chi connectivity index (χ4n) is 2.68. The lowest BCUT2D eigenvalue weighted by atomic mass is 9.96. The third-order valence-electron chi connectivity index (χ3n) is 4.27. The number of esters is 1. The van der Waals surface area contributed by atoms with Crippen LogP contribution in [-0.2, 0) is 14.3 Å². The van der Waals surface area contributed by atoms with Crippen LogP contribution in [0.5, 0.6) is 5.75 Å². The highest BCUT2D eigenvalue weighted by Gasteiger charge is 2.13. The van der Waals surface area contributed by atoms with Crippen LogP contribution in [0.25, 0.3) is 0 Å². The van der Waals surface area contributed by atoms with E-state index < -0.39 is 12.1 Å². The van der Waals surface area contributed by atoms with Crippen molar-refractivity contribution < 1.29 is 28.9 Å². The van der Waals surface area contributed by atoms with Crippen molar-refractivity contribution >= 4 is 11.8 Å². The summed E-state index contributed by atoms with van der Waals surface area (Å²) in [5.74, 6) is 0.190. The van der Waals surface area contributed by atoms with E-state index in [-0.39, 0.29) is 19.0 Å². The topological polar surface area (TPSA) is 82.1 Å². The van der Waals surface area contributed by atoms with E-state index in [0.29, 0.717) is 30.9 Å². The zero-order valence-electron chi connectivity index (χ0n) is 16.5. The van der Waals surface area contributed by atoms with Gasteiger partial charge >= 0.3 is 5.97 Å². The van der Waals surface area contributed by atoms with E-state index in [9.17, 15) is 14.7 Å². The quantitative estimate of drug-likeness (QED) is 0.236. The Balaban J connectivity index is 1.61. The summed E-state index contributed by atoms with van der Waals surface area (Å²) in [7, 11) is 0. The molecule has 1 unspecified atom stereocenters. The van der Waals surface area contributed by atoms with E-state index in [4.69, 9.17) is 14.2 Å². The maximum absolute atomic E-state index is 12.4. The van der Waals surface area contributed by atoms with E-state index >= 15 is 0 Å². The second-order valence-corrected chi connectivity index (χ2v) is 6.63. The number of hydrogen-bond donors (Lipinski definition) is 1. The Bertz CT molecular complexity index is 732. The van der Waals surface area contributed by atoms with Crippen LogP contribution in [0.1, 0.15) is 36.0 Å². The van der Waals surface area contributed by atoms with Crippen LogP contribution in [0.4, 0.5) is 0 Å². The second-order valence-electron chi connectivity index (χ2n) is 6.63. The molecule has 1 aliphatic carbocycles. The molecule has 156 valence electrons.